The van der Waals surface area contributed by atoms with E-state index in [0.717, 1.165) is 16.9 Å². The van der Waals surface area contributed by atoms with Crippen molar-refractivity contribution in [1.29, 1.82) is 0 Å². The number of nitrogens with one attached hydrogen (secondary N) is 2. The standard InChI is InChI=1S/C20H20N4O/c1-13-5-4-6-16(10-13)22-20(25)18-7-8-19(24-23-18)21-17-11-14(2)9-15(3)12-17/h4-12H,1-3H3,(H,21,24)(H,22,25). The second kappa shape index (κ2) is 7.13. The first kappa shape index (κ1) is 16.6. The lowest BCUT2D eigenvalue weighted by Crippen LogP contribution is -2.14. The summed E-state index contributed by atoms with van der Waals surface area (Å²) in [4.78, 5) is 12.3. The number of aryl methyl sites for hydroxylation is 3. The normalized spacial score (nSPS) is 10.4. The zero-order valence-electron chi connectivity index (χ0n) is 14.5. The van der Waals surface area contributed by atoms with Gasteiger partial charge in [0.2, 0.25) is 0 Å². The Balaban J connectivity index is 1.70. The van der Waals surface area contributed by atoms with E-state index in [0.29, 0.717) is 5.82 Å². The molecule has 5 nitrogen and oxygen atoms in total. The van der Waals surface area contributed by atoms with Gasteiger partial charge >= 0.3 is 0 Å². The Hall–Kier alpha value is -3.21. The lowest BCUT2D eigenvalue weighted by Gasteiger charge is -2.08. The third kappa shape index (κ3) is 4.41. The van der Waals surface area contributed by atoms with Gasteiger partial charge in [0.25, 0.3) is 5.91 Å². The number of amides is 1. The van der Waals surface area contributed by atoms with Crippen molar-refractivity contribution in [1.82, 2.24) is 10.2 Å². The molecular weight excluding hydrogens is 312 g/mol. The Morgan fingerprint density at radius 2 is 1.52 bits per heavy atom. The molecule has 2 N–H and O–H groups in total. The van der Waals surface area contributed by atoms with Crippen LogP contribution in [0.2, 0.25) is 0 Å². The van der Waals surface area contributed by atoms with Crippen LogP contribution in [0.5, 0.6) is 0 Å². The summed E-state index contributed by atoms with van der Waals surface area (Å²) in [6.07, 6.45) is 0. The molecule has 1 amide bonds. The molecule has 0 aliphatic heterocycles. The summed E-state index contributed by atoms with van der Waals surface area (Å²) < 4.78 is 0. The summed E-state index contributed by atoms with van der Waals surface area (Å²) in [6.45, 7) is 6.06. The molecule has 126 valence electrons. The van der Waals surface area contributed by atoms with Gasteiger partial charge in [-0.05, 0) is 73.9 Å². The average molecular weight is 332 g/mol. The van der Waals surface area contributed by atoms with Crippen molar-refractivity contribution in [2.45, 2.75) is 20.8 Å². The molecule has 0 saturated heterocycles. The zero-order chi connectivity index (χ0) is 17.8. The fourth-order valence-electron chi connectivity index (χ4n) is 2.63. The van der Waals surface area contributed by atoms with Gasteiger partial charge in [0.05, 0.1) is 0 Å². The molecule has 25 heavy (non-hydrogen) atoms. The van der Waals surface area contributed by atoms with Crippen LogP contribution in [-0.4, -0.2) is 16.1 Å². The Kier molecular flexibility index (Phi) is 4.75. The maximum atomic E-state index is 12.3. The number of hydrogen-bond donors (Lipinski definition) is 2. The highest BCUT2D eigenvalue weighted by Crippen LogP contribution is 2.18. The molecule has 0 bridgehead atoms. The van der Waals surface area contributed by atoms with Crippen LogP contribution in [0.4, 0.5) is 17.2 Å². The smallest absolute Gasteiger partial charge is 0.276 e. The zero-order valence-corrected chi connectivity index (χ0v) is 14.5. The topological polar surface area (TPSA) is 66.9 Å². The summed E-state index contributed by atoms with van der Waals surface area (Å²) >= 11 is 0. The fraction of sp³-hybridized carbons (Fsp3) is 0.150. The van der Waals surface area contributed by atoms with Crippen LogP contribution in [0, 0.1) is 20.8 Å². The van der Waals surface area contributed by atoms with E-state index in [2.05, 4.69) is 26.9 Å². The van der Waals surface area contributed by atoms with E-state index in [9.17, 15) is 4.79 Å². The molecule has 0 unspecified atom stereocenters. The molecule has 0 atom stereocenters. The van der Waals surface area contributed by atoms with Crippen molar-refractivity contribution in [3.8, 4) is 0 Å². The van der Waals surface area contributed by atoms with E-state index >= 15 is 0 Å². The minimum Gasteiger partial charge on any atom is -0.339 e. The lowest BCUT2D eigenvalue weighted by molar-refractivity contribution is 0.102. The van der Waals surface area contributed by atoms with Gasteiger partial charge in [-0.2, -0.15) is 0 Å². The number of rotatable bonds is 4. The van der Waals surface area contributed by atoms with Crippen LogP contribution in [0.1, 0.15) is 27.2 Å². The Morgan fingerprint density at radius 1 is 0.800 bits per heavy atom. The van der Waals surface area contributed by atoms with Gasteiger partial charge in [0, 0.05) is 11.4 Å². The van der Waals surface area contributed by atoms with Crippen molar-refractivity contribution >= 4 is 23.1 Å². The van der Waals surface area contributed by atoms with Crippen molar-refractivity contribution < 1.29 is 4.79 Å². The molecule has 0 aliphatic rings. The molecule has 1 heterocycles. The third-order valence-electron chi connectivity index (χ3n) is 3.67. The van der Waals surface area contributed by atoms with Crippen molar-refractivity contribution in [2.75, 3.05) is 10.6 Å². The predicted molar refractivity (Wildman–Crippen MR) is 100 cm³/mol. The SMILES string of the molecule is Cc1cccc(NC(=O)c2ccc(Nc3cc(C)cc(C)c3)nn2)c1. The Bertz CT molecular complexity index is 884. The molecule has 5 heteroatoms. The number of carbonyl (C=O) groups is 1. The van der Waals surface area contributed by atoms with E-state index in [-0.39, 0.29) is 11.6 Å². The first-order valence-corrected chi connectivity index (χ1v) is 8.07. The molecule has 0 radical (unpaired) electrons. The van der Waals surface area contributed by atoms with Crippen LogP contribution >= 0.6 is 0 Å². The minimum absolute atomic E-state index is 0.271. The summed E-state index contributed by atoms with van der Waals surface area (Å²) in [5.74, 6) is 0.313. The average Bonchev–Trinajstić information content (AvgIpc) is 2.54. The summed E-state index contributed by atoms with van der Waals surface area (Å²) in [7, 11) is 0. The summed E-state index contributed by atoms with van der Waals surface area (Å²) in [5, 5.41) is 14.1. The maximum Gasteiger partial charge on any atom is 0.276 e. The second-order valence-corrected chi connectivity index (χ2v) is 6.13. The van der Waals surface area contributed by atoms with E-state index in [4.69, 9.17) is 0 Å². The molecular formula is C20H20N4O. The van der Waals surface area contributed by atoms with Crippen molar-refractivity contribution in [2.24, 2.45) is 0 Å². The van der Waals surface area contributed by atoms with Gasteiger partial charge in [-0.1, -0.05) is 18.2 Å². The number of carbonyl (C=O) groups excluding carboxylic acids is 1. The number of anilines is 3. The first-order valence-electron chi connectivity index (χ1n) is 8.07. The largest absolute Gasteiger partial charge is 0.339 e. The highest BCUT2D eigenvalue weighted by atomic mass is 16.1. The summed E-state index contributed by atoms with van der Waals surface area (Å²) in [6, 6.07) is 17.2. The van der Waals surface area contributed by atoms with Crippen LogP contribution in [0.25, 0.3) is 0 Å². The number of aromatic nitrogens is 2. The van der Waals surface area contributed by atoms with Gasteiger partial charge in [-0.3, -0.25) is 4.79 Å². The Morgan fingerprint density at radius 3 is 2.16 bits per heavy atom. The van der Waals surface area contributed by atoms with E-state index < -0.39 is 0 Å². The lowest BCUT2D eigenvalue weighted by atomic mass is 10.1. The Labute approximate surface area is 147 Å². The maximum absolute atomic E-state index is 12.3. The van der Waals surface area contributed by atoms with Crippen molar-refractivity contribution in [3.05, 3.63) is 77.0 Å². The molecule has 0 saturated carbocycles. The van der Waals surface area contributed by atoms with Crippen molar-refractivity contribution in [3.63, 3.8) is 0 Å². The van der Waals surface area contributed by atoms with Gasteiger partial charge < -0.3 is 10.6 Å². The molecule has 0 fully saturated rings. The highest BCUT2D eigenvalue weighted by Gasteiger charge is 2.09. The van der Waals surface area contributed by atoms with Gasteiger partial charge in [-0.25, -0.2) is 0 Å². The van der Waals surface area contributed by atoms with Gasteiger partial charge in [-0.15, -0.1) is 10.2 Å². The monoisotopic (exact) mass is 332 g/mol. The van der Waals surface area contributed by atoms with Gasteiger partial charge in [0.15, 0.2) is 11.5 Å². The van der Waals surface area contributed by atoms with Crippen LogP contribution in [0.3, 0.4) is 0 Å². The molecule has 0 spiro atoms. The molecule has 1 aromatic heterocycles. The number of hydrogen-bond acceptors (Lipinski definition) is 4. The van der Waals surface area contributed by atoms with Crippen LogP contribution in [0.15, 0.2) is 54.6 Å². The van der Waals surface area contributed by atoms with Crippen LogP contribution < -0.4 is 10.6 Å². The number of benzene rings is 2. The predicted octanol–water partition coefficient (Wildman–Crippen LogP) is 4.40. The minimum atomic E-state index is -0.281. The van der Waals surface area contributed by atoms with Gasteiger partial charge in [0.1, 0.15) is 0 Å². The second-order valence-electron chi connectivity index (χ2n) is 6.13. The van der Waals surface area contributed by atoms with Crippen LogP contribution in [-0.2, 0) is 0 Å². The molecule has 2 aromatic carbocycles. The third-order valence-corrected chi connectivity index (χ3v) is 3.67. The van der Waals surface area contributed by atoms with E-state index in [1.165, 1.54) is 11.1 Å². The van der Waals surface area contributed by atoms with E-state index in [1.54, 1.807) is 12.1 Å². The molecule has 3 rings (SSSR count). The number of nitrogens with zero attached hydrogens (tertiary/aromatic N) is 2. The quantitative estimate of drug-likeness (QED) is 0.743. The fourth-order valence-corrected chi connectivity index (χ4v) is 2.63. The molecule has 0 aliphatic carbocycles. The summed E-state index contributed by atoms with van der Waals surface area (Å²) in [5.41, 5.74) is 5.38. The van der Waals surface area contributed by atoms with E-state index in [1.807, 2.05) is 57.2 Å². The first-order chi connectivity index (χ1) is 12.0. The molecule has 3 aromatic rings. The highest BCUT2D eigenvalue weighted by molar-refractivity contribution is 6.02.